The van der Waals surface area contributed by atoms with E-state index < -0.39 is 10.0 Å². The molecule has 1 aromatic heterocycles. The summed E-state index contributed by atoms with van der Waals surface area (Å²) in [6.07, 6.45) is 1.67. The number of likely N-dealkylation sites (N-methyl/N-ethyl adjacent to an activating group) is 1. The lowest BCUT2D eigenvalue weighted by atomic mass is 10.1. The second-order valence-electron chi connectivity index (χ2n) is 4.25. The standard InChI is InChI=1S/C13H17N3O2S.ClH/c1-14-8-9-16-19(17,18)10-12-5-2-4-11-6-3-7-15-13(11)12;/h2-7,14,16H,8-10H2,1H3;1H. The Labute approximate surface area is 125 Å². The summed E-state index contributed by atoms with van der Waals surface area (Å²) in [5.74, 6) is -0.0505. The van der Waals surface area contributed by atoms with Crippen molar-refractivity contribution in [2.24, 2.45) is 0 Å². The van der Waals surface area contributed by atoms with Crippen LogP contribution in [0.2, 0.25) is 0 Å². The Morgan fingerprint density at radius 1 is 1.15 bits per heavy atom. The third-order valence-corrected chi connectivity index (χ3v) is 4.09. The van der Waals surface area contributed by atoms with E-state index in [2.05, 4.69) is 15.0 Å². The molecule has 0 saturated carbocycles. The first-order chi connectivity index (χ1) is 9.12. The number of nitrogens with zero attached hydrogens (tertiary/aromatic N) is 1. The molecule has 7 heteroatoms. The Morgan fingerprint density at radius 2 is 1.90 bits per heavy atom. The molecule has 0 atom stereocenters. The summed E-state index contributed by atoms with van der Waals surface area (Å²) in [5, 5.41) is 3.84. The lowest BCUT2D eigenvalue weighted by Crippen LogP contribution is -2.31. The van der Waals surface area contributed by atoms with Crippen molar-refractivity contribution in [3.63, 3.8) is 0 Å². The fraction of sp³-hybridized carbons (Fsp3) is 0.308. The number of pyridine rings is 1. The molecule has 5 nitrogen and oxygen atoms in total. The van der Waals surface area contributed by atoms with Crippen molar-refractivity contribution in [2.75, 3.05) is 20.1 Å². The molecular formula is C13H18ClN3O2S. The van der Waals surface area contributed by atoms with E-state index in [1.807, 2.05) is 24.3 Å². The van der Waals surface area contributed by atoms with Gasteiger partial charge in [0.25, 0.3) is 0 Å². The van der Waals surface area contributed by atoms with Crippen molar-refractivity contribution in [2.45, 2.75) is 5.75 Å². The van der Waals surface area contributed by atoms with Gasteiger partial charge < -0.3 is 5.32 Å². The largest absolute Gasteiger partial charge is 0.318 e. The molecule has 0 bridgehead atoms. The molecule has 2 N–H and O–H groups in total. The molecular weight excluding hydrogens is 298 g/mol. The number of aromatic nitrogens is 1. The van der Waals surface area contributed by atoms with Gasteiger partial charge in [-0.05, 0) is 18.7 Å². The molecule has 0 unspecified atom stereocenters. The highest BCUT2D eigenvalue weighted by molar-refractivity contribution is 7.88. The zero-order valence-electron chi connectivity index (χ0n) is 11.2. The third kappa shape index (κ3) is 4.42. The van der Waals surface area contributed by atoms with E-state index in [4.69, 9.17) is 0 Å². The maximum atomic E-state index is 12.0. The predicted molar refractivity (Wildman–Crippen MR) is 83.5 cm³/mol. The SMILES string of the molecule is CNCCNS(=O)(=O)Cc1cccc2cccnc12.Cl. The van der Waals surface area contributed by atoms with Crippen LogP contribution >= 0.6 is 12.4 Å². The molecule has 0 spiro atoms. The minimum Gasteiger partial charge on any atom is -0.318 e. The Balaban J connectivity index is 0.00000200. The van der Waals surface area contributed by atoms with Crippen LogP contribution in [0.15, 0.2) is 36.5 Å². The number of fused-ring (bicyclic) bond motifs is 1. The van der Waals surface area contributed by atoms with Gasteiger partial charge in [-0.25, -0.2) is 13.1 Å². The van der Waals surface area contributed by atoms with Crippen molar-refractivity contribution >= 4 is 33.3 Å². The van der Waals surface area contributed by atoms with Gasteiger partial charge in [-0.1, -0.05) is 24.3 Å². The maximum Gasteiger partial charge on any atom is 0.215 e. The number of nitrogens with one attached hydrogen (secondary N) is 2. The van der Waals surface area contributed by atoms with Crippen molar-refractivity contribution in [3.05, 3.63) is 42.1 Å². The number of halogens is 1. The molecule has 20 heavy (non-hydrogen) atoms. The molecule has 1 heterocycles. The summed E-state index contributed by atoms with van der Waals surface area (Å²) in [4.78, 5) is 4.26. The summed E-state index contributed by atoms with van der Waals surface area (Å²) in [6.45, 7) is 0.990. The van der Waals surface area contributed by atoms with Crippen molar-refractivity contribution < 1.29 is 8.42 Å². The zero-order chi connectivity index (χ0) is 13.7. The Kier molecular flexibility index (Phi) is 6.35. The van der Waals surface area contributed by atoms with Crippen molar-refractivity contribution in [1.82, 2.24) is 15.0 Å². The fourth-order valence-corrected chi connectivity index (χ4v) is 3.03. The minimum atomic E-state index is -3.33. The second kappa shape index (κ2) is 7.54. The molecule has 0 saturated heterocycles. The quantitative estimate of drug-likeness (QED) is 0.788. The van der Waals surface area contributed by atoms with Crippen LogP contribution in [-0.2, 0) is 15.8 Å². The summed E-state index contributed by atoms with van der Waals surface area (Å²) >= 11 is 0. The van der Waals surface area contributed by atoms with Crippen LogP contribution in [0.4, 0.5) is 0 Å². The minimum absolute atomic E-state index is 0. The van der Waals surface area contributed by atoms with E-state index in [9.17, 15) is 8.42 Å². The normalized spacial score (nSPS) is 11.2. The average molecular weight is 316 g/mol. The van der Waals surface area contributed by atoms with Crippen LogP contribution in [0.5, 0.6) is 0 Å². The molecule has 1 aromatic carbocycles. The van der Waals surface area contributed by atoms with E-state index >= 15 is 0 Å². The first kappa shape index (κ1) is 16.8. The van der Waals surface area contributed by atoms with E-state index in [-0.39, 0.29) is 18.2 Å². The topological polar surface area (TPSA) is 71.1 Å². The number of hydrogen-bond acceptors (Lipinski definition) is 4. The second-order valence-corrected chi connectivity index (χ2v) is 6.06. The van der Waals surface area contributed by atoms with Gasteiger partial charge in [0, 0.05) is 24.7 Å². The van der Waals surface area contributed by atoms with Crippen LogP contribution in [0.1, 0.15) is 5.56 Å². The number of benzene rings is 1. The van der Waals surface area contributed by atoms with Gasteiger partial charge in [0.05, 0.1) is 11.3 Å². The Bertz CT molecular complexity index is 656. The maximum absolute atomic E-state index is 12.0. The Hall–Kier alpha value is -1.21. The highest BCUT2D eigenvalue weighted by atomic mass is 35.5. The van der Waals surface area contributed by atoms with Gasteiger partial charge in [-0.15, -0.1) is 12.4 Å². The zero-order valence-corrected chi connectivity index (χ0v) is 12.8. The van der Waals surface area contributed by atoms with Crippen molar-refractivity contribution in [1.29, 1.82) is 0 Å². The summed E-state index contributed by atoms with van der Waals surface area (Å²) in [6, 6.07) is 9.33. The van der Waals surface area contributed by atoms with Gasteiger partial charge in [-0.2, -0.15) is 0 Å². The van der Waals surface area contributed by atoms with Crippen LogP contribution < -0.4 is 10.0 Å². The molecule has 2 aromatic rings. The van der Waals surface area contributed by atoms with Crippen molar-refractivity contribution in [3.8, 4) is 0 Å². The summed E-state index contributed by atoms with van der Waals surface area (Å²) < 4.78 is 26.5. The monoisotopic (exact) mass is 315 g/mol. The number of hydrogen-bond donors (Lipinski definition) is 2. The smallest absolute Gasteiger partial charge is 0.215 e. The highest BCUT2D eigenvalue weighted by Gasteiger charge is 2.13. The molecule has 2 rings (SSSR count). The molecule has 0 radical (unpaired) electrons. The number of sulfonamides is 1. The average Bonchev–Trinajstić information content (AvgIpc) is 2.39. The first-order valence-corrected chi connectivity index (χ1v) is 7.72. The third-order valence-electron chi connectivity index (χ3n) is 2.76. The molecule has 0 fully saturated rings. The van der Waals surface area contributed by atoms with Gasteiger partial charge in [-0.3, -0.25) is 4.98 Å². The lowest BCUT2D eigenvalue weighted by molar-refractivity contribution is 0.579. The number of para-hydroxylation sites is 1. The van der Waals surface area contributed by atoms with Crippen LogP contribution in [-0.4, -0.2) is 33.5 Å². The van der Waals surface area contributed by atoms with Gasteiger partial charge >= 0.3 is 0 Å². The molecule has 0 aliphatic rings. The predicted octanol–water partition coefficient (Wildman–Crippen LogP) is 1.30. The van der Waals surface area contributed by atoms with Gasteiger partial charge in [0.1, 0.15) is 0 Å². The summed E-state index contributed by atoms with van der Waals surface area (Å²) in [5.41, 5.74) is 1.46. The fourth-order valence-electron chi connectivity index (χ4n) is 1.87. The van der Waals surface area contributed by atoms with Crippen LogP contribution in [0.25, 0.3) is 10.9 Å². The van der Waals surface area contributed by atoms with Crippen LogP contribution in [0, 0.1) is 0 Å². The summed E-state index contributed by atoms with van der Waals surface area (Å²) in [7, 11) is -1.55. The van der Waals surface area contributed by atoms with E-state index in [1.165, 1.54) is 0 Å². The van der Waals surface area contributed by atoms with Gasteiger partial charge in [0.2, 0.25) is 10.0 Å². The Morgan fingerprint density at radius 3 is 2.65 bits per heavy atom. The molecule has 110 valence electrons. The van der Waals surface area contributed by atoms with Gasteiger partial charge in [0.15, 0.2) is 0 Å². The van der Waals surface area contributed by atoms with Crippen LogP contribution in [0.3, 0.4) is 0 Å². The molecule has 0 aliphatic carbocycles. The molecule has 0 amide bonds. The van der Waals surface area contributed by atoms with E-state index in [1.54, 1.807) is 19.3 Å². The first-order valence-electron chi connectivity index (χ1n) is 6.07. The van der Waals surface area contributed by atoms with E-state index in [0.717, 1.165) is 16.5 Å². The van der Waals surface area contributed by atoms with E-state index in [0.29, 0.717) is 13.1 Å². The molecule has 0 aliphatic heterocycles. The lowest BCUT2D eigenvalue weighted by Gasteiger charge is -2.08. The number of rotatable bonds is 6. The highest BCUT2D eigenvalue weighted by Crippen LogP contribution is 2.17.